The van der Waals surface area contributed by atoms with Crippen molar-refractivity contribution < 1.29 is 4.79 Å². The van der Waals surface area contributed by atoms with Gasteiger partial charge in [0.15, 0.2) is 0 Å². The molecule has 0 aliphatic heterocycles. The molecule has 0 spiro atoms. The fraction of sp³-hybridized carbons (Fsp3) is 0.611. The summed E-state index contributed by atoms with van der Waals surface area (Å²) in [6.45, 7) is 2.30. The van der Waals surface area contributed by atoms with Gasteiger partial charge in [0.25, 0.3) is 0 Å². The molecule has 2 aliphatic carbocycles. The summed E-state index contributed by atoms with van der Waals surface area (Å²) < 4.78 is 0. The molecule has 114 valence electrons. The van der Waals surface area contributed by atoms with Crippen molar-refractivity contribution in [3.05, 3.63) is 24.3 Å². The van der Waals surface area contributed by atoms with Crippen LogP contribution in [0.5, 0.6) is 0 Å². The SMILES string of the molecule is CCC1CCC(Nc2ccc(NC(=O)C3CC3)cc2)CC1. The molecule has 3 heteroatoms. The second kappa shape index (κ2) is 6.50. The molecule has 1 amide bonds. The van der Waals surface area contributed by atoms with Crippen molar-refractivity contribution in [2.45, 2.75) is 57.9 Å². The average molecular weight is 286 g/mol. The summed E-state index contributed by atoms with van der Waals surface area (Å²) >= 11 is 0. The third-order valence-electron chi connectivity index (χ3n) is 4.90. The van der Waals surface area contributed by atoms with E-state index in [1.165, 1.54) is 37.8 Å². The smallest absolute Gasteiger partial charge is 0.227 e. The Morgan fingerprint density at radius 3 is 2.19 bits per heavy atom. The van der Waals surface area contributed by atoms with E-state index in [0.29, 0.717) is 6.04 Å². The first-order valence-corrected chi connectivity index (χ1v) is 8.42. The number of benzene rings is 1. The maximum absolute atomic E-state index is 11.7. The van der Waals surface area contributed by atoms with Gasteiger partial charge in [-0.15, -0.1) is 0 Å². The molecule has 2 N–H and O–H groups in total. The van der Waals surface area contributed by atoms with Gasteiger partial charge in [0.05, 0.1) is 0 Å². The van der Waals surface area contributed by atoms with Crippen LogP contribution in [0.2, 0.25) is 0 Å². The zero-order chi connectivity index (χ0) is 14.7. The second-order valence-corrected chi connectivity index (χ2v) is 6.61. The highest BCUT2D eigenvalue weighted by atomic mass is 16.2. The molecule has 3 nitrogen and oxygen atoms in total. The summed E-state index contributed by atoms with van der Waals surface area (Å²) in [6, 6.07) is 8.77. The first kappa shape index (κ1) is 14.4. The van der Waals surface area contributed by atoms with E-state index >= 15 is 0 Å². The molecule has 0 saturated heterocycles. The summed E-state index contributed by atoms with van der Waals surface area (Å²) in [5.74, 6) is 1.37. The Morgan fingerprint density at radius 2 is 1.62 bits per heavy atom. The van der Waals surface area contributed by atoms with E-state index in [0.717, 1.165) is 24.4 Å². The lowest BCUT2D eigenvalue weighted by Crippen LogP contribution is -2.25. The topological polar surface area (TPSA) is 41.1 Å². The molecule has 0 radical (unpaired) electrons. The number of nitrogens with one attached hydrogen (secondary N) is 2. The van der Waals surface area contributed by atoms with Crippen LogP contribution in [0, 0.1) is 11.8 Å². The Hall–Kier alpha value is -1.51. The summed E-state index contributed by atoms with van der Waals surface area (Å²) in [5.41, 5.74) is 2.08. The molecule has 1 aromatic carbocycles. The summed E-state index contributed by atoms with van der Waals surface area (Å²) in [4.78, 5) is 11.7. The van der Waals surface area contributed by atoms with Crippen molar-refractivity contribution in [1.29, 1.82) is 0 Å². The number of anilines is 2. The number of amides is 1. The van der Waals surface area contributed by atoms with E-state index in [2.05, 4.69) is 29.7 Å². The number of hydrogen-bond donors (Lipinski definition) is 2. The minimum Gasteiger partial charge on any atom is -0.382 e. The monoisotopic (exact) mass is 286 g/mol. The van der Waals surface area contributed by atoms with Crippen molar-refractivity contribution in [2.75, 3.05) is 10.6 Å². The molecule has 0 bridgehead atoms. The predicted octanol–water partition coefficient (Wildman–Crippen LogP) is 4.42. The molecule has 0 heterocycles. The maximum Gasteiger partial charge on any atom is 0.227 e. The van der Waals surface area contributed by atoms with Gasteiger partial charge in [-0.1, -0.05) is 13.3 Å². The predicted molar refractivity (Wildman–Crippen MR) is 87.5 cm³/mol. The van der Waals surface area contributed by atoms with E-state index in [1.54, 1.807) is 0 Å². The average Bonchev–Trinajstić information content (AvgIpc) is 3.35. The van der Waals surface area contributed by atoms with E-state index < -0.39 is 0 Å². The van der Waals surface area contributed by atoms with Crippen LogP contribution in [0.15, 0.2) is 24.3 Å². The quantitative estimate of drug-likeness (QED) is 0.841. The molecule has 0 atom stereocenters. The summed E-state index contributed by atoms with van der Waals surface area (Å²) in [7, 11) is 0. The fourth-order valence-electron chi connectivity index (χ4n) is 3.19. The standard InChI is InChI=1S/C18H26N2O/c1-2-13-3-7-15(8-4-13)19-16-9-11-17(12-10-16)20-18(21)14-5-6-14/h9-15,19H,2-8H2,1H3,(H,20,21). The van der Waals surface area contributed by atoms with Crippen LogP contribution in [-0.4, -0.2) is 11.9 Å². The Kier molecular flexibility index (Phi) is 4.47. The first-order chi connectivity index (χ1) is 10.2. The van der Waals surface area contributed by atoms with Gasteiger partial charge in [-0.2, -0.15) is 0 Å². The second-order valence-electron chi connectivity index (χ2n) is 6.61. The third kappa shape index (κ3) is 3.99. The Morgan fingerprint density at radius 1 is 1.00 bits per heavy atom. The molecular formula is C18H26N2O. The summed E-state index contributed by atoms with van der Waals surface area (Å²) in [5, 5.41) is 6.61. The molecule has 1 aromatic rings. The van der Waals surface area contributed by atoms with Crippen molar-refractivity contribution in [1.82, 2.24) is 0 Å². The Balaban J connectivity index is 1.49. The molecule has 0 aromatic heterocycles. The van der Waals surface area contributed by atoms with E-state index in [4.69, 9.17) is 0 Å². The molecular weight excluding hydrogens is 260 g/mol. The van der Waals surface area contributed by atoms with Gasteiger partial charge in [0, 0.05) is 23.3 Å². The van der Waals surface area contributed by atoms with Gasteiger partial charge in [-0.3, -0.25) is 4.79 Å². The van der Waals surface area contributed by atoms with Crippen LogP contribution in [0.25, 0.3) is 0 Å². The van der Waals surface area contributed by atoms with Crippen LogP contribution in [0.4, 0.5) is 11.4 Å². The lowest BCUT2D eigenvalue weighted by Gasteiger charge is -2.29. The molecule has 21 heavy (non-hydrogen) atoms. The first-order valence-electron chi connectivity index (χ1n) is 8.42. The number of rotatable bonds is 5. The molecule has 2 fully saturated rings. The van der Waals surface area contributed by atoms with Crippen LogP contribution >= 0.6 is 0 Å². The van der Waals surface area contributed by atoms with Gasteiger partial charge in [-0.25, -0.2) is 0 Å². The van der Waals surface area contributed by atoms with Crippen LogP contribution in [0.1, 0.15) is 51.9 Å². The molecule has 0 unspecified atom stereocenters. The van der Waals surface area contributed by atoms with Gasteiger partial charge in [-0.05, 0) is 68.7 Å². The van der Waals surface area contributed by atoms with Crippen LogP contribution < -0.4 is 10.6 Å². The van der Waals surface area contributed by atoms with Crippen LogP contribution in [-0.2, 0) is 4.79 Å². The Labute approximate surface area is 127 Å². The molecule has 3 rings (SSSR count). The number of hydrogen-bond acceptors (Lipinski definition) is 2. The normalized spacial score (nSPS) is 25.4. The van der Waals surface area contributed by atoms with E-state index in [-0.39, 0.29) is 11.8 Å². The maximum atomic E-state index is 11.7. The number of carbonyl (C=O) groups is 1. The minimum atomic E-state index is 0.175. The summed E-state index contributed by atoms with van der Waals surface area (Å²) in [6.07, 6.45) is 8.67. The lowest BCUT2D eigenvalue weighted by atomic mass is 9.84. The van der Waals surface area contributed by atoms with Gasteiger partial charge >= 0.3 is 0 Å². The van der Waals surface area contributed by atoms with Crippen molar-refractivity contribution in [2.24, 2.45) is 11.8 Å². The Bertz CT molecular complexity index is 470. The lowest BCUT2D eigenvalue weighted by molar-refractivity contribution is -0.117. The van der Waals surface area contributed by atoms with Gasteiger partial charge in [0.2, 0.25) is 5.91 Å². The third-order valence-corrected chi connectivity index (χ3v) is 4.90. The molecule has 2 saturated carbocycles. The van der Waals surface area contributed by atoms with Gasteiger partial charge in [0.1, 0.15) is 0 Å². The van der Waals surface area contributed by atoms with Crippen molar-refractivity contribution in [3.8, 4) is 0 Å². The minimum absolute atomic E-state index is 0.175. The largest absolute Gasteiger partial charge is 0.382 e. The zero-order valence-corrected chi connectivity index (χ0v) is 12.9. The molecule has 2 aliphatic rings. The van der Waals surface area contributed by atoms with Gasteiger partial charge < -0.3 is 10.6 Å². The fourth-order valence-corrected chi connectivity index (χ4v) is 3.19. The van der Waals surface area contributed by atoms with Crippen molar-refractivity contribution in [3.63, 3.8) is 0 Å². The highest BCUT2D eigenvalue weighted by molar-refractivity contribution is 5.94. The van der Waals surface area contributed by atoms with Crippen LogP contribution in [0.3, 0.4) is 0 Å². The van der Waals surface area contributed by atoms with E-state index in [1.807, 2.05) is 12.1 Å². The highest BCUT2D eigenvalue weighted by Crippen LogP contribution is 2.31. The van der Waals surface area contributed by atoms with E-state index in [9.17, 15) is 4.79 Å². The zero-order valence-electron chi connectivity index (χ0n) is 12.9. The number of carbonyl (C=O) groups excluding carboxylic acids is 1. The van der Waals surface area contributed by atoms with Crippen molar-refractivity contribution >= 4 is 17.3 Å². The highest BCUT2D eigenvalue weighted by Gasteiger charge is 2.29.